The monoisotopic (exact) mass is 423 g/mol. The van der Waals surface area contributed by atoms with Gasteiger partial charge in [-0.3, -0.25) is 9.59 Å². The van der Waals surface area contributed by atoms with E-state index in [1.807, 2.05) is 29.2 Å². The van der Waals surface area contributed by atoms with Gasteiger partial charge in [-0.2, -0.15) is 0 Å². The SMILES string of the molecule is O=C(NCc1ccc(Cl)cc1)c1ncoc1-c1ccccc1C(=O)N1CCCCC1. The normalized spacial score (nSPS) is 13.8. The largest absolute Gasteiger partial charge is 0.443 e. The number of oxazole rings is 1. The fraction of sp³-hybridized carbons (Fsp3) is 0.261. The van der Waals surface area contributed by atoms with E-state index >= 15 is 0 Å². The molecule has 3 aromatic rings. The first kappa shape index (κ1) is 20.2. The summed E-state index contributed by atoms with van der Waals surface area (Å²) in [5, 5.41) is 3.48. The molecule has 1 aliphatic heterocycles. The van der Waals surface area contributed by atoms with Crippen molar-refractivity contribution in [1.82, 2.24) is 15.2 Å². The summed E-state index contributed by atoms with van der Waals surface area (Å²) in [6.45, 7) is 1.83. The first-order chi connectivity index (χ1) is 14.6. The Morgan fingerprint density at radius 1 is 1.03 bits per heavy atom. The molecule has 1 fully saturated rings. The van der Waals surface area contributed by atoms with Crippen LogP contribution in [0.5, 0.6) is 0 Å². The molecule has 30 heavy (non-hydrogen) atoms. The molecule has 2 heterocycles. The van der Waals surface area contributed by atoms with Gasteiger partial charge in [0.1, 0.15) is 0 Å². The fourth-order valence-corrected chi connectivity index (χ4v) is 3.73. The van der Waals surface area contributed by atoms with Gasteiger partial charge in [0.25, 0.3) is 11.8 Å². The summed E-state index contributed by atoms with van der Waals surface area (Å²) in [7, 11) is 0. The molecule has 0 spiro atoms. The van der Waals surface area contributed by atoms with Crippen LogP contribution < -0.4 is 5.32 Å². The summed E-state index contributed by atoms with van der Waals surface area (Å²) in [5.41, 5.74) is 2.16. The van der Waals surface area contributed by atoms with Gasteiger partial charge in [-0.25, -0.2) is 4.98 Å². The van der Waals surface area contributed by atoms with Gasteiger partial charge >= 0.3 is 0 Å². The third kappa shape index (κ3) is 4.39. The number of piperidine rings is 1. The van der Waals surface area contributed by atoms with Crippen molar-refractivity contribution in [3.05, 3.63) is 76.8 Å². The highest BCUT2D eigenvalue weighted by Crippen LogP contribution is 2.28. The molecule has 0 saturated carbocycles. The molecule has 1 saturated heterocycles. The number of rotatable bonds is 5. The Hall–Kier alpha value is -3.12. The van der Waals surface area contributed by atoms with Crippen LogP contribution in [0.2, 0.25) is 5.02 Å². The van der Waals surface area contributed by atoms with E-state index in [0.717, 1.165) is 37.9 Å². The Kier molecular flexibility index (Phi) is 6.14. The molecule has 0 bridgehead atoms. The van der Waals surface area contributed by atoms with Crippen molar-refractivity contribution in [1.29, 1.82) is 0 Å². The number of benzene rings is 2. The molecular formula is C23H22ClN3O3. The van der Waals surface area contributed by atoms with Crippen molar-refractivity contribution in [2.75, 3.05) is 13.1 Å². The highest BCUT2D eigenvalue weighted by Gasteiger charge is 2.25. The Bertz CT molecular complexity index is 1040. The summed E-state index contributed by atoms with van der Waals surface area (Å²) in [6.07, 6.45) is 4.39. The number of amides is 2. The predicted octanol–water partition coefficient (Wildman–Crippen LogP) is 4.55. The van der Waals surface area contributed by atoms with Gasteiger partial charge < -0.3 is 14.6 Å². The number of hydrogen-bond acceptors (Lipinski definition) is 4. The van der Waals surface area contributed by atoms with E-state index in [-0.39, 0.29) is 17.5 Å². The first-order valence-corrected chi connectivity index (χ1v) is 10.4. The van der Waals surface area contributed by atoms with Gasteiger partial charge in [0.05, 0.1) is 5.56 Å². The minimum absolute atomic E-state index is 0.0470. The molecule has 2 amide bonds. The molecule has 4 rings (SSSR count). The average molecular weight is 424 g/mol. The summed E-state index contributed by atoms with van der Waals surface area (Å²) in [6, 6.07) is 14.4. The van der Waals surface area contributed by atoms with Crippen LogP contribution in [0, 0.1) is 0 Å². The lowest BCUT2D eigenvalue weighted by Crippen LogP contribution is -2.35. The van der Waals surface area contributed by atoms with E-state index in [1.54, 1.807) is 24.3 Å². The minimum atomic E-state index is -0.367. The van der Waals surface area contributed by atoms with Crippen LogP contribution in [0.15, 0.2) is 59.3 Å². The number of hydrogen-bond donors (Lipinski definition) is 1. The van der Waals surface area contributed by atoms with Crippen LogP contribution >= 0.6 is 11.6 Å². The van der Waals surface area contributed by atoms with Gasteiger partial charge in [-0.15, -0.1) is 0 Å². The number of carbonyl (C=O) groups excluding carboxylic acids is 2. The maximum Gasteiger partial charge on any atom is 0.274 e. The zero-order chi connectivity index (χ0) is 20.9. The van der Waals surface area contributed by atoms with Crippen LogP contribution in [0.4, 0.5) is 0 Å². The molecule has 7 heteroatoms. The van der Waals surface area contributed by atoms with Crippen LogP contribution in [-0.2, 0) is 6.54 Å². The number of halogens is 1. The smallest absolute Gasteiger partial charge is 0.274 e. The van der Waals surface area contributed by atoms with Crippen molar-refractivity contribution in [3.8, 4) is 11.3 Å². The molecule has 0 radical (unpaired) electrons. The molecule has 6 nitrogen and oxygen atoms in total. The number of nitrogens with one attached hydrogen (secondary N) is 1. The predicted molar refractivity (Wildman–Crippen MR) is 114 cm³/mol. The number of nitrogens with zero attached hydrogens (tertiary/aromatic N) is 2. The lowest BCUT2D eigenvalue weighted by molar-refractivity contribution is 0.0724. The highest BCUT2D eigenvalue weighted by molar-refractivity contribution is 6.30. The Balaban J connectivity index is 1.56. The topological polar surface area (TPSA) is 75.4 Å². The van der Waals surface area contributed by atoms with E-state index in [4.69, 9.17) is 16.0 Å². The van der Waals surface area contributed by atoms with Crippen molar-refractivity contribution < 1.29 is 14.0 Å². The second-order valence-electron chi connectivity index (χ2n) is 7.24. The third-order valence-corrected chi connectivity index (χ3v) is 5.45. The molecular weight excluding hydrogens is 402 g/mol. The standard InChI is InChI=1S/C23H22ClN3O3/c24-17-10-8-16(9-11-17)14-25-22(28)20-21(30-15-26-20)18-6-2-3-7-19(18)23(29)27-12-4-1-5-13-27/h2-3,6-11,15H,1,4-5,12-14H2,(H,25,28). The average Bonchev–Trinajstić information content (AvgIpc) is 3.28. The quantitative estimate of drug-likeness (QED) is 0.653. The van der Waals surface area contributed by atoms with Gasteiger partial charge in [0.15, 0.2) is 17.8 Å². The van der Waals surface area contributed by atoms with Crippen LogP contribution in [-0.4, -0.2) is 34.8 Å². The Labute approximate surface area is 179 Å². The van der Waals surface area contributed by atoms with Crippen LogP contribution in [0.3, 0.4) is 0 Å². The van der Waals surface area contributed by atoms with Gasteiger partial charge in [-0.1, -0.05) is 41.9 Å². The van der Waals surface area contributed by atoms with Crippen molar-refractivity contribution >= 4 is 23.4 Å². The Morgan fingerprint density at radius 2 is 1.77 bits per heavy atom. The van der Waals surface area contributed by atoms with E-state index in [9.17, 15) is 9.59 Å². The van der Waals surface area contributed by atoms with Crippen LogP contribution in [0.1, 0.15) is 45.7 Å². The van der Waals surface area contributed by atoms with E-state index in [1.165, 1.54) is 6.39 Å². The molecule has 0 aliphatic carbocycles. The maximum atomic E-state index is 13.1. The van der Waals surface area contributed by atoms with Crippen molar-refractivity contribution in [2.45, 2.75) is 25.8 Å². The zero-order valence-electron chi connectivity index (χ0n) is 16.4. The molecule has 1 N–H and O–H groups in total. The molecule has 0 unspecified atom stereocenters. The second kappa shape index (κ2) is 9.13. The van der Waals surface area contributed by atoms with Gasteiger partial charge in [0, 0.05) is 30.2 Å². The van der Waals surface area contributed by atoms with Crippen molar-refractivity contribution in [2.24, 2.45) is 0 Å². The minimum Gasteiger partial charge on any atom is -0.443 e. The molecule has 1 aliphatic rings. The molecule has 0 atom stereocenters. The maximum absolute atomic E-state index is 13.1. The van der Waals surface area contributed by atoms with Crippen molar-refractivity contribution in [3.63, 3.8) is 0 Å². The molecule has 154 valence electrons. The number of likely N-dealkylation sites (tertiary alicyclic amines) is 1. The Morgan fingerprint density at radius 3 is 2.53 bits per heavy atom. The highest BCUT2D eigenvalue weighted by atomic mass is 35.5. The zero-order valence-corrected chi connectivity index (χ0v) is 17.2. The lowest BCUT2D eigenvalue weighted by Gasteiger charge is -2.27. The fourth-order valence-electron chi connectivity index (χ4n) is 3.60. The van der Waals surface area contributed by atoms with E-state index in [0.29, 0.717) is 28.5 Å². The second-order valence-corrected chi connectivity index (χ2v) is 7.67. The molecule has 2 aromatic carbocycles. The lowest BCUT2D eigenvalue weighted by atomic mass is 10.0. The summed E-state index contributed by atoms with van der Waals surface area (Å²) < 4.78 is 5.56. The van der Waals surface area contributed by atoms with E-state index < -0.39 is 0 Å². The van der Waals surface area contributed by atoms with Gasteiger partial charge in [-0.05, 0) is 43.0 Å². The number of carbonyl (C=O) groups is 2. The summed E-state index contributed by atoms with van der Waals surface area (Å²) >= 11 is 5.90. The van der Waals surface area contributed by atoms with Crippen LogP contribution in [0.25, 0.3) is 11.3 Å². The summed E-state index contributed by atoms with van der Waals surface area (Å²) in [4.78, 5) is 31.8. The van der Waals surface area contributed by atoms with E-state index in [2.05, 4.69) is 10.3 Å². The third-order valence-electron chi connectivity index (χ3n) is 5.19. The molecule has 1 aromatic heterocycles. The number of aromatic nitrogens is 1. The first-order valence-electron chi connectivity index (χ1n) is 9.98. The van der Waals surface area contributed by atoms with Gasteiger partial charge in [0.2, 0.25) is 0 Å². The summed E-state index contributed by atoms with van der Waals surface area (Å²) in [5.74, 6) is -0.118.